The highest BCUT2D eigenvalue weighted by Crippen LogP contribution is 2.24. The van der Waals surface area contributed by atoms with Crippen LogP contribution in [0.1, 0.15) is 12.8 Å². The Kier molecular flexibility index (Phi) is 1.33. The largest absolute Gasteiger partial charge is 0.367 e. The van der Waals surface area contributed by atoms with Crippen molar-refractivity contribution < 1.29 is 0 Å². The summed E-state index contributed by atoms with van der Waals surface area (Å²) in [5, 5.41) is 4.59. The maximum atomic E-state index is 4.32. The van der Waals surface area contributed by atoms with Gasteiger partial charge in [0.2, 0.25) is 0 Å². The minimum absolute atomic E-state index is 0.670. The van der Waals surface area contributed by atoms with Crippen molar-refractivity contribution in [3.05, 3.63) is 24.5 Å². The highest BCUT2D eigenvalue weighted by molar-refractivity contribution is 5.80. The molecule has 0 bridgehead atoms. The van der Waals surface area contributed by atoms with Crippen LogP contribution in [-0.4, -0.2) is 16.0 Å². The SMILES string of the molecule is c1cc2cc(NC3CC3)ncc2[nH]1. The Morgan fingerprint density at radius 2 is 2.38 bits per heavy atom. The number of H-pyrrole nitrogens is 1. The molecule has 2 heterocycles. The number of pyridine rings is 1. The third-order valence-electron chi connectivity index (χ3n) is 2.37. The van der Waals surface area contributed by atoms with E-state index in [1.165, 1.54) is 18.2 Å². The Bertz CT molecular complexity index is 428. The summed E-state index contributed by atoms with van der Waals surface area (Å²) in [4.78, 5) is 7.44. The molecule has 1 saturated carbocycles. The highest BCUT2D eigenvalue weighted by Gasteiger charge is 2.21. The molecule has 0 unspecified atom stereocenters. The molecule has 2 aromatic heterocycles. The molecule has 1 aliphatic carbocycles. The van der Waals surface area contributed by atoms with E-state index in [-0.39, 0.29) is 0 Å². The third kappa shape index (κ3) is 1.26. The molecule has 0 saturated heterocycles. The van der Waals surface area contributed by atoms with Crippen molar-refractivity contribution >= 4 is 16.7 Å². The Morgan fingerprint density at radius 1 is 1.46 bits per heavy atom. The zero-order valence-electron chi connectivity index (χ0n) is 7.25. The number of anilines is 1. The molecule has 3 rings (SSSR count). The van der Waals surface area contributed by atoms with Crippen LogP contribution in [-0.2, 0) is 0 Å². The van der Waals surface area contributed by atoms with Gasteiger partial charge in [0, 0.05) is 17.6 Å². The molecule has 3 heteroatoms. The Morgan fingerprint density at radius 3 is 3.23 bits per heavy atom. The van der Waals surface area contributed by atoms with Crippen LogP contribution in [0.3, 0.4) is 0 Å². The van der Waals surface area contributed by atoms with E-state index in [1.807, 2.05) is 12.4 Å². The monoisotopic (exact) mass is 173 g/mol. The molecule has 13 heavy (non-hydrogen) atoms. The Labute approximate surface area is 76.2 Å². The van der Waals surface area contributed by atoms with Gasteiger partial charge in [-0.15, -0.1) is 0 Å². The van der Waals surface area contributed by atoms with Gasteiger partial charge < -0.3 is 10.3 Å². The van der Waals surface area contributed by atoms with Crippen LogP contribution < -0.4 is 5.32 Å². The molecule has 0 amide bonds. The van der Waals surface area contributed by atoms with Crippen molar-refractivity contribution in [2.45, 2.75) is 18.9 Å². The van der Waals surface area contributed by atoms with Crippen molar-refractivity contribution in [1.82, 2.24) is 9.97 Å². The number of nitrogens with zero attached hydrogens (tertiary/aromatic N) is 1. The molecule has 0 atom stereocenters. The molecular weight excluding hydrogens is 162 g/mol. The number of hydrogen-bond donors (Lipinski definition) is 2. The minimum atomic E-state index is 0.670. The molecule has 1 fully saturated rings. The van der Waals surface area contributed by atoms with Crippen molar-refractivity contribution in [2.75, 3.05) is 5.32 Å². The van der Waals surface area contributed by atoms with Crippen molar-refractivity contribution in [1.29, 1.82) is 0 Å². The summed E-state index contributed by atoms with van der Waals surface area (Å²) >= 11 is 0. The van der Waals surface area contributed by atoms with E-state index in [2.05, 4.69) is 27.4 Å². The van der Waals surface area contributed by atoms with E-state index in [4.69, 9.17) is 0 Å². The van der Waals surface area contributed by atoms with Crippen molar-refractivity contribution in [3.63, 3.8) is 0 Å². The van der Waals surface area contributed by atoms with Gasteiger partial charge >= 0.3 is 0 Å². The van der Waals surface area contributed by atoms with E-state index in [0.29, 0.717) is 6.04 Å². The molecule has 2 aromatic rings. The van der Waals surface area contributed by atoms with E-state index >= 15 is 0 Å². The molecule has 2 N–H and O–H groups in total. The lowest BCUT2D eigenvalue weighted by atomic mass is 10.3. The van der Waals surface area contributed by atoms with E-state index < -0.39 is 0 Å². The summed E-state index contributed by atoms with van der Waals surface area (Å²) < 4.78 is 0. The number of nitrogens with one attached hydrogen (secondary N) is 2. The fraction of sp³-hybridized carbons (Fsp3) is 0.300. The van der Waals surface area contributed by atoms with Gasteiger partial charge in [-0.1, -0.05) is 0 Å². The maximum absolute atomic E-state index is 4.32. The maximum Gasteiger partial charge on any atom is 0.126 e. The Hall–Kier alpha value is -1.51. The summed E-state index contributed by atoms with van der Waals surface area (Å²) in [6, 6.07) is 4.82. The fourth-order valence-corrected chi connectivity index (χ4v) is 1.47. The molecular formula is C10H11N3. The number of aromatic nitrogens is 2. The minimum Gasteiger partial charge on any atom is -0.367 e. The zero-order valence-corrected chi connectivity index (χ0v) is 7.25. The second kappa shape index (κ2) is 2.49. The molecule has 0 aliphatic heterocycles. The van der Waals surface area contributed by atoms with Crippen LogP contribution in [0.5, 0.6) is 0 Å². The predicted octanol–water partition coefficient (Wildman–Crippen LogP) is 2.14. The lowest BCUT2D eigenvalue weighted by Crippen LogP contribution is -2.02. The Balaban J connectivity index is 1.99. The van der Waals surface area contributed by atoms with Crippen LogP contribution in [0.4, 0.5) is 5.82 Å². The lowest BCUT2D eigenvalue weighted by Gasteiger charge is -2.01. The zero-order chi connectivity index (χ0) is 8.67. The van der Waals surface area contributed by atoms with Gasteiger partial charge in [-0.2, -0.15) is 0 Å². The first-order valence-corrected chi connectivity index (χ1v) is 4.61. The summed E-state index contributed by atoms with van der Waals surface area (Å²) in [6.07, 6.45) is 6.38. The summed E-state index contributed by atoms with van der Waals surface area (Å²) in [7, 11) is 0. The molecule has 0 aromatic carbocycles. The van der Waals surface area contributed by atoms with Crippen LogP contribution in [0.2, 0.25) is 0 Å². The molecule has 1 aliphatic rings. The molecule has 0 spiro atoms. The van der Waals surface area contributed by atoms with Gasteiger partial charge in [-0.05, 0) is 25.0 Å². The average molecular weight is 173 g/mol. The number of rotatable bonds is 2. The second-order valence-electron chi connectivity index (χ2n) is 3.55. The van der Waals surface area contributed by atoms with Crippen LogP contribution >= 0.6 is 0 Å². The topological polar surface area (TPSA) is 40.7 Å². The fourth-order valence-electron chi connectivity index (χ4n) is 1.47. The van der Waals surface area contributed by atoms with E-state index in [1.54, 1.807) is 0 Å². The second-order valence-corrected chi connectivity index (χ2v) is 3.55. The van der Waals surface area contributed by atoms with Gasteiger partial charge in [-0.25, -0.2) is 4.98 Å². The summed E-state index contributed by atoms with van der Waals surface area (Å²) in [5.74, 6) is 0.995. The van der Waals surface area contributed by atoms with Crippen molar-refractivity contribution in [2.24, 2.45) is 0 Å². The molecule has 0 radical (unpaired) electrons. The van der Waals surface area contributed by atoms with Gasteiger partial charge in [-0.3, -0.25) is 0 Å². The standard InChI is InChI=1S/C10H11N3/c1-2-8(1)13-10-5-7-3-4-11-9(7)6-12-10/h3-6,8,11H,1-2H2,(H,12,13). The number of aromatic amines is 1. The normalized spacial score (nSPS) is 16.3. The molecule has 3 nitrogen and oxygen atoms in total. The lowest BCUT2D eigenvalue weighted by molar-refractivity contribution is 1.12. The van der Waals surface area contributed by atoms with Crippen LogP contribution in [0.25, 0.3) is 10.9 Å². The van der Waals surface area contributed by atoms with E-state index in [0.717, 1.165) is 11.3 Å². The van der Waals surface area contributed by atoms with Crippen molar-refractivity contribution in [3.8, 4) is 0 Å². The highest BCUT2D eigenvalue weighted by atomic mass is 15.0. The van der Waals surface area contributed by atoms with Gasteiger partial charge in [0.25, 0.3) is 0 Å². The third-order valence-corrected chi connectivity index (χ3v) is 2.37. The van der Waals surface area contributed by atoms with Crippen LogP contribution in [0.15, 0.2) is 24.5 Å². The smallest absolute Gasteiger partial charge is 0.126 e. The van der Waals surface area contributed by atoms with Gasteiger partial charge in [0.15, 0.2) is 0 Å². The first-order chi connectivity index (χ1) is 6.42. The number of hydrogen-bond acceptors (Lipinski definition) is 2. The first-order valence-electron chi connectivity index (χ1n) is 4.61. The van der Waals surface area contributed by atoms with Gasteiger partial charge in [0.1, 0.15) is 5.82 Å². The average Bonchev–Trinajstić information content (AvgIpc) is 2.83. The quantitative estimate of drug-likeness (QED) is 0.730. The summed E-state index contributed by atoms with van der Waals surface area (Å²) in [6.45, 7) is 0. The van der Waals surface area contributed by atoms with Crippen LogP contribution in [0, 0.1) is 0 Å². The molecule has 66 valence electrons. The number of fused-ring (bicyclic) bond motifs is 1. The van der Waals surface area contributed by atoms with E-state index in [9.17, 15) is 0 Å². The predicted molar refractivity (Wildman–Crippen MR) is 52.7 cm³/mol. The van der Waals surface area contributed by atoms with Gasteiger partial charge in [0.05, 0.1) is 11.7 Å². The summed E-state index contributed by atoms with van der Waals surface area (Å²) in [5.41, 5.74) is 1.10. The first kappa shape index (κ1) is 6.95.